The van der Waals surface area contributed by atoms with Gasteiger partial charge in [0.15, 0.2) is 5.78 Å². The van der Waals surface area contributed by atoms with Gasteiger partial charge < -0.3 is 9.64 Å². The van der Waals surface area contributed by atoms with Crippen molar-refractivity contribution in [1.29, 1.82) is 0 Å². The van der Waals surface area contributed by atoms with E-state index in [1.165, 1.54) is 11.3 Å². The summed E-state index contributed by atoms with van der Waals surface area (Å²) in [6, 6.07) is 8.92. The predicted molar refractivity (Wildman–Crippen MR) is 77.7 cm³/mol. The summed E-state index contributed by atoms with van der Waals surface area (Å²) in [6.07, 6.45) is 1.59. The second-order valence-electron chi connectivity index (χ2n) is 5.76. The van der Waals surface area contributed by atoms with Crippen LogP contribution in [-0.4, -0.2) is 31.1 Å². The molecular weight excluding hydrogens is 238 g/mol. The second-order valence-corrected chi connectivity index (χ2v) is 5.76. The fourth-order valence-electron chi connectivity index (χ4n) is 2.61. The summed E-state index contributed by atoms with van der Waals surface area (Å²) < 4.78 is 5.24. The third kappa shape index (κ3) is 2.81. The van der Waals surface area contributed by atoms with Crippen LogP contribution in [0.15, 0.2) is 24.3 Å². The third-order valence-electron chi connectivity index (χ3n) is 4.11. The summed E-state index contributed by atoms with van der Waals surface area (Å²) >= 11 is 0. The van der Waals surface area contributed by atoms with Gasteiger partial charge in [0.1, 0.15) is 5.60 Å². The number of fused-ring (bicyclic) bond motifs is 1. The molecule has 1 aromatic rings. The van der Waals surface area contributed by atoms with Crippen molar-refractivity contribution in [3.8, 4) is 0 Å². The summed E-state index contributed by atoms with van der Waals surface area (Å²) in [5.74, 6) is 0.159. The Morgan fingerprint density at radius 3 is 2.79 bits per heavy atom. The fraction of sp³-hybridized carbons (Fsp3) is 0.562. The molecule has 0 N–H and O–H groups in total. The summed E-state index contributed by atoms with van der Waals surface area (Å²) in [7, 11) is 1.59. The van der Waals surface area contributed by atoms with Crippen molar-refractivity contribution in [1.82, 2.24) is 0 Å². The number of rotatable bonds is 5. The van der Waals surface area contributed by atoms with Gasteiger partial charge in [0.25, 0.3) is 0 Å². The molecule has 3 heteroatoms. The van der Waals surface area contributed by atoms with Crippen molar-refractivity contribution >= 4 is 11.5 Å². The van der Waals surface area contributed by atoms with Gasteiger partial charge in [0.2, 0.25) is 0 Å². The van der Waals surface area contributed by atoms with Crippen LogP contribution in [0.2, 0.25) is 0 Å². The predicted octanol–water partition coefficient (Wildman–Crippen LogP) is 2.82. The quantitative estimate of drug-likeness (QED) is 0.816. The average Bonchev–Trinajstić information content (AvgIpc) is 2.71. The summed E-state index contributed by atoms with van der Waals surface area (Å²) in [4.78, 5) is 14.5. The van der Waals surface area contributed by atoms with Crippen molar-refractivity contribution in [3.63, 3.8) is 0 Å². The van der Waals surface area contributed by atoms with Crippen LogP contribution in [0.3, 0.4) is 0 Å². The molecule has 3 nitrogen and oxygen atoms in total. The standard InChI is InChI=1S/C16H23NO2/c1-12-11-13-7-5-6-8-14(13)17(12)10-9-15(18)16(2,3)19-4/h5-8,12H,9-11H2,1-4H3. The van der Waals surface area contributed by atoms with E-state index in [4.69, 9.17) is 4.74 Å². The first kappa shape index (κ1) is 14.1. The number of nitrogens with zero attached hydrogens (tertiary/aromatic N) is 1. The van der Waals surface area contributed by atoms with Crippen LogP contribution in [0.5, 0.6) is 0 Å². The minimum atomic E-state index is -0.678. The molecule has 0 spiro atoms. The van der Waals surface area contributed by atoms with Crippen LogP contribution in [0, 0.1) is 0 Å². The van der Waals surface area contributed by atoms with Gasteiger partial charge in [0.05, 0.1) is 0 Å². The van der Waals surface area contributed by atoms with Crippen molar-refractivity contribution in [2.24, 2.45) is 0 Å². The van der Waals surface area contributed by atoms with E-state index in [0.717, 1.165) is 13.0 Å². The monoisotopic (exact) mass is 261 g/mol. The number of anilines is 1. The lowest BCUT2D eigenvalue weighted by molar-refractivity contribution is -0.136. The Labute approximate surface area is 115 Å². The Balaban J connectivity index is 2.03. The number of hydrogen-bond acceptors (Lipinski definition) is 3. The first-order valence-corrected chi connectivity index (χ1v) is 6.88. The highest BCUT2D eigenvalue weighted by Crippen LogP contribution is 2.31. The maximum Gasteiger partial charge on any atom is 0.165 e. The molecule has 0 amide bonds. The van der Waals surface area contributed by atoms with Gasteiger partial charge in [0, 0.05) is 31.8 Å². The molecule has 0 bridgehead atoms. The molecule has 104 valence electrons. The van der Waals surface area contributed by atoms with Gasteiger partial charge in [-0.1, -0.05) is 18.2 Å². The van der Waals surface area contributed by atoms with Crippen LogP contribution in [0.25, 0.3) is 0 Å². The summed E-state index contributed by atoms with van der Waals surface area (Å²) in [5, 5.41) is 0. The normalized spacial score (nSPS) is 18.5. The van der Waals surface area contributed by atoms with E-state index in [1.54, 1.807) is 7.11 Å². The van der Waals surface area contributed by atoms with Gasteiger partial charge in [-0.25, -0.2) is 0 Å². The van der Waals surface area contributed by atoms with Crippen LogP contribution < -0.4 is 4.90 Å². The lowest BCUT2D eigenvalue weighted by Gasteiger charge is -2.27. The number of carbonyl (C=O) groups excluding carboxylic acids is 1. The van der Waals surface area contributed by atoms with Gasteiger partial charge >= 0.3 is 0 Å². The van der Waals surface area contributed by atoms with Crippen molar-refractivity contribution in [3.05, 3.63) is 29.8 Å². The molecule has 1 aliphatic rings. The van der Waals surface area contributed by atoms with Gasteiger partial charge in [-0.2, -0.15) is 0 Å². The summed E-state index contributed by atoms with van der Waals surface area (Å²) in [5.41, 5.74) is 1.98. The zero-order chi connectivity index (χ0) is 14.0. The number of methoxy groups -OCH3 is 1. The number of Topliss-reactive ketones (excluding diaryl/α,β-unsaturated/α-hetero) is 1. The molecule has 0 aliphatic carbocycles. The van der Waals surface area contributed by atoms with Crippen LogP contribution in [0.4, 0.5) is 5.69 Å². The van der Waals surface area contributed by atoms with Crippen LogP contribution in [0.1, 0.15) is 32.8 Å². The first-order chi connectivity index (χ1) is 8.95. The highest BCUT2D eigenvalue weighted by molar-refractivity contribution is 5.87. The van der Waals surface area contributed by atoms with Gasteiger partial charge in [-0.3, -0.25) is 4.79 Å². The van der Waals surface area contributed by atoms with Gasteiger partial charge in [-0.05, 0) is 38.8 Å². The fourth-order valence-corrected chi connectivity index (χ4v) is 2.61. The minimum Gasteiger partial charge on any atom is -0.371 e. The Bertz CT molecular complexity index is 468. The lowest BCUT2D eigenvalue weighted by Crippen LogP contribution is -2.38. The molecule has 1 aromatic carbocycles. The van der Waals surface area contributed by atoms with E-state index in [9.17, 15) is 4.79 Å². The van der Waals surface area contributed by atoms with E-state index in [2.05, 4.69) is 36.1 Å². The van der Waals surface area contributed by atoms with E-state index in [0.29, 0.717) is 12.5 Å². The number of ketones is 1. The minimum absolute atomic E-state index is 0.159. The third-order valence-corrected chi connectivity index (χ3v) is 4.11. The highest BCUT2D eigenvalue weighted by atomic mass is 16.5. The smallest absolute Gasteiger partial charge is 0.165 e. The Morgan fingerprint density at radius 2 is 2.11 bits per heavy atom. The number of para-hydroxylation sites is 1. The molecular formula is C16H23NO2. The van der Waals surface area contributed by atoms with E-state index in [1.807, 2.05) is 13.8 Å². The van der Waals surface area contributed by atoms with Crippen molar-refractivity contribution in [2.75, 3.05) is 18.6 Å². The summed E-state index contributed by atoms with van der Waals surface area (Å²) in [6.45, 7) is 6.64. The molecule has 0 fully saturated rings. The molecule has 1 unspecified atom stereocenters. The second kappa shape index (κ2) is 5.33. The molecule has 0 aromatic heterocycles. The number of hydrogen-bond donors (Lipinski definition) is 0. The van der Waals surface area contributed by atoms with E-state index in [-0.39, 0.29) is 5.78 Å². The maximum atomic E-state index is 12.1. The molecule has 0 saturated heterocycles. The number of ether oxygens (including phenoxy) is 1. The number of benzene rings is 1. The molecule has 1 atom stereocenters. The molecule has 1 heterocycles. The average molecular weight is 261 g/mol. The largest absolute Gasteiger partial charge is 0.371 e. The highest BCUT2D eigenvalue weighted by Gasteiger charge is 2.30. The molecule has 1 aliphatic heterocycles. The van der Waals surface area contributed by atoms with Crippen LogP contribution >= 0.6 is 0 Å². The van der Waals surface area contributed by atoms with E-state index < -0.39 is 5.60 Å². The Morgan fingerprint density at radius 1 is 1.42 bits per heavy atom. The van der Waals surface area contributed by atoms with Crippen molar-refractivity contribution < 1.29 is 9.53 Å². The zero-order valence-electron chi connectivity index (χ0n) is 12.3. The number of carbonyl (C=O) groups is 1. The zero-order valence-corrected chi connectivity index (χ0v) is 12.3. The molecule has 0 radical (unpaired) electrons. The Kier molecular flexibility index (Phi) is 3.95. The van der Waals surface area contributed by atoms with Crippen LogP contribution in [-0.2, 0) is 16.0 Å². The molecule has 2 rings (SSSR count). The topological polar surface area (TPSA) is 29.5 Å². The Hall–Kier alpha value is -1.35. The molecule has 19 heavy (non-hydrogen) atoms. The lowest BCUT2D eigenvalue weighted by atomic mass is 10.0. The maximum absolute atomic E-state index is 12.1. The van der Waals surface area contributed by atoms with Crippen molar-refractivity contribution in [2.45, 2.75) is 45.3 Å². The SMILES string of the molecule is COC(C)(C)C(=O)CCN1c2ccccc2CC1C. The first-order valence-electron chi connectivity index (χ1n) is 6.88. The van der Waals surface area contributed by atoms with E-state index >= 15 is 0 Å². The molecule has 0 saturated carbocycles. The van der Waals surface area contributed by atoms with Gasteiger partial charge in [-0.15, -0.1) is 0 Å².